The van der Waals surface area contributed by atoms with Crippen LogP contribution in [0.15, 0.2) is 24.3 Å². The number of hydrogen-bond acceptors (Lipinski definition) is 5. The second-order valence-corrected chi connectivity index (χ2v) is 7.79. The third-order valence-electron chi connectivity index (χ3n) is 5.87. The highest BCUT2D eigenvalue weighted by atomic mass is 16.5. The summed E-state index contributed by atoms with van der Waals surface area (Å²) in [6.07, 6.45) is 2.63. The summed E-state index contributed by atoms with van der Waals surface area (Å²) >= 11 is 0. The Bertz CT molecular complexity index is 987. The zero-order valence-electron chi connectivity index (χ0n) is 18.0. The Hall–Kier alpha value is -2.60. The molecule has 3 heterocycles. The Morgan fingerprint density at radius 1 is 0.966 bits per heavy atom. The predicted molar refractivity (Wildman–Crippen MR) is 118 cm³/mol. The van der Waals surface area contributed by atoms with Crippen molar-refractivity contribution >= 4 is 16.6 Å². The standard InChI is InChI=1S/C23H31N5O/c1-5-29-20-10-8-19(9-11-20)28-17(3)21-16(2)25-26-23(22(21)18(28)4)24-12-15-27-13-6-7-14-27/h8-11H,5-7,12-15H2,1-4H3,(H,24,26). The normalized spacial score (nSPS) is 14.6. The highest BCUT2D eigenvalue weighted by Crippen LogP contribution is 2.34. The van der Waals surface area contributed by atoms with Crippen molar-refractivity contribution in [3.05, 3.63) is 41.3 Å². The minimum atomic E-state index is 0.674. The first-order valence-electron chi connectivity index (χ1n) is 10.6. The summed E-state index contributed by atoms with van der Waals surface area (Å²) in [7, 11) is 0. The number of nitrogens with one attached hydrogen (secondary N) is 1. The lowest BCUT2D eigenvalue weighted by atomic mass is 10.1. The highest BCUT2D eigenvalue weighted by Gasteiger charge is 2.19. The second kappa shape index (κ2) is 8.41. The molecule has 1 N–H and O–H groups in total. The molecule has 0 amide bonds. The largest absolute Gasteiger partial charge is 0.494 e. The molecule has 4 rings (SSSR count). The summed E-state index contributed by atoms with van der Waals surface area (Å²) in [4.78, 5) is 2.51. The fourth-order valence-electron chi connectivity index (χ4n) is 4.50. The third kappa shape index (κ3) is 3.81. The Kier molecular flexibility index (Phi) is 5.72. The summed E-state index contributed by atoms with van der Waals surface area (Å²) in [5.41, 5.74) is 4.47. The van der Waals surface area contributed by atoms with E-state index in [0.29, 0.717) is 6.61 Å². The van der Waals surface area contributed by atoms with E-state index in [2.05, 4.69) is 51.0 Å². The summed E-state index contributed by atoms with van der Waals surface area (Å²) in [5, 5.41) is 14.9. The number of likely N-dealkylation sites (tertiary alicyclic amines) is 1. The van der Waals surface area contributed by atoms with Crippen LogP contribution in [-0.4, -0.2) is 52.5 Å². The van der Waals surface area contributed by atoms with E-state index in [-0.39, 0.29) is 0 Å². The van der Waals surface area contributed by atoms with Crippen molar-refractivity contribution in [3.63, 3.8) is 0 Å². The number of rotatable bonds is 7. The van der Waals surface area contributed by atoms with Gasteiger partial charge in [0.2, 0.25) is 0 Å². The number of ether oxygens (including phenoxy) is 1. The molecule has 1 aromatic carbocycles. The summed E-state index contributed by atoms with van der Waals surface area (Å²) in [6, 6.07) is 8.28. The maximum absolute atomic E-state index is 5.60. The van der Waals surface area contributed by atoms with Crippen molar-refractivity contribution in [2.45, 2.75) is 40.5 Å². The first-order valence-corrected chi connectivity index (χ1v) is 10.6. The molecule has 3 aromatic rings. The van der Waals surface area contributed by atoms with Crippen LogP contribution in [0, 0.1) is 20.8 Å². The van der Waals surface area contributed by atoms with Gasteiger partial charge in [-0.15, -0.1) is 5.10 Å². The van der Waals surface area contributed by atoms with Gasteiger partial charge in [0.05, 0.1) is 12.3 Å². The minimum Gasteiger partial charge on any atom is -0.494 e. The van der Waals surface area contributed by atoms with Crippen LogP contribution in [0.2, 0.25) is 0 Å². The van der Waals surface area contributed by atoms with E-state index in [4.69, 9.17) is 4.74 Å². The monoisotopic (exact) mass is 393 g/mol. The van der Waals surface area contributed by atoms with Crippen LogP contribution in [-0.2, 0) is 0 Å². The number of aryl methyl sites for hydroxylation is 3. The molecule has 0 saturated carbocycles. The smallest absolute Gasteiger partial charge is 0.158 e. The Morgan fingerprint density at radius 2 is 1.66 bits per heavy atom. The second-order valence-electron chi connectivity index (χ2n) is 7.79. The molecule has 6 nitrogen and oxygen atoms in total. The van der Waals surface area contributed by atoms with Gasteiger partial charge >= 0.3 is 0 Å². The van der Waals surface area contributed by atoms with Gasteiger partial charge in [0, 0.05) is 40.9 Å². The molecule has 2 aromatic heterocycles. The molecule has 0 unspecified atom stereocenters. The molecule has 29 heavy (non-hydrogen) atoms. The number of nitrogens with zero attached hydrogens (tertiary/aromatic N) is 4. The van der Waals surface area contributed by atoms with Crippen molar-refractivity contribution in [1.29, 1.82) is 0 Å². The van der Waals surface area contributed by atoms with Crippen LogP contribution in [0.1, 0.15) is 36.8 Å². The first-order chi connectivity index (χ1) is 14.1. The molecule has 0 spiro atoms. The fraction of sp³-hybridized carbons (Fsp3) is 0.478. The van der Waals surface area contributed by atoms with E-state index < -0.39 is 0 Å². The van der Waals surface area contributed by atoms with Gasteiger partial charge in [0.1, 0.15) is 5.75 Å². The van der Waals surface area contributed by atoms with Crippen molar-refractivity contribution in [2.75, 3.05) is 38.1 Å². The number of hydrogen-bond donors (Lipinski definition) is 1. The Labute approximate surface area is 172 Å². The average molecular weight is 394 g/mol. The molecule has 0 aliphatic carbocycles. The van der Waals surface area contributed by atoms with E-state index in [1.54, 1.807) is 0 Å². The van der Waals surface area contributed by atoms with Crippen LogP contribution in [0.25, 0.3) is 16.5 Å². The molecular weight excluding hydrogens is 362 g/mol. The zero-order valence-corrected chi connectivity index (χ0v) is 18.0. The number of benzene rings is 1. The van der Waals surface area contributed by atoms with Gasteiger partial charge in [-0.25, -0.2) is 0 Å². The number of anilines is 1. The van der Waals surface area contributed by atoms with Gasteiger partial charge < -0.3 is 19.5 Å². The van der Waals surface area contributed by atoms with E-state index in [0.717, 1.165) is 36.0 Å². The van der Waals surface area contributed by atoms with E-state index in [9.17, 15) is 0 Å². The number of aromatic nitrogens is 3. The molecule has 154 valence electrons. The third-order valence-corrected chi connectivity index (χ3v) is 5.87. The van der Waals surface area contributed by atoms with Crippen LogP contribution < -0.4 is 10.1 Å². The van der Waals surface area contributed by atoms with Crippen LogP contribution in [0.4, 0.5) is 5.82 Å². The molecule has 0 bridgehead atoms. The summed E-state index contributed by atoms with van der Waals surface area (Å²) in [6.45, 7) is 13.4. The Morgan fingerprint density at radius 3 is 2.34 bits per heavy atom. The lowest BCUT2D eigenvalue weighted by molar-refractivity contribution is 0.340. The molecule has 0 atom stereocenters. The lowest BCUT2D eigenvalue weighted by Gasteiger charge is -2.15. The maximum Gasteiger partial charge on any atom is 0.158 e. The predicted octanol–water partition coefficient (Wildman–Crippen LogP) is 4.25. The van der Waals surface area contributed by atoms with Crippen LogP contribution >= 0.6 is 0 Å². The average Bonchev–Trinajstić information content (AvgIpc) is 3.32. The molecular formula is C23H31N5O. The van der Waals surface area contributed by atoms with Crippen molar-refractivity contribution in [1.82, 2.24) is 19.7 Å². The van der Waals surface area contributed by atoms with E-state index in [1.165, 1.54) is 48.1 Å². The minimum absolute atomic E-state index is 0.674. The van der Waals surface area contributed by atoms with Crippen molar-refractivity contribution < 1.29 is 4.74 Å². The van der Waals surface area contributed by atoms with E-state index in [1.807, 2.05) is 26.0 Å². The summed E-state index contributed by atoms with van der Waals surface area (Å²) in [5.74, 6) is 1.78. The molecule has 1 fully saturated rings. The molecule has 1 aliphatic rings. The zero-order chi connectivity index (χ0) is 20.4. The van der Waals surface area contributed by atoms with Crippen molar-refractivity contribution in [2.24, 2.45) is 0 Å². The lowest BCUT2D eigenvalue weighted by Crippen LogP contribution is -2.26. The first kappa shape index (κ1) is 19.7. The topological polar surface area (TPSA) is 55.2 Å². The van der Waals surface area contributed by atoms with Crippen molar-refractivity contribution in [3.8, 4) is 11.4 Å². The van der Waals surface area contributed by atoms with Gasteiger partial charge in [-0.2, -0.15) is 5.10 Å². The molecule has 0 radical (unpaired) electrons. The quantitative estimate of drug-likeness (QED) is 0.650. The molecule has 1 aliphatic heterocycles. The van der Waals surface area contributed by atoms with Crippen LogP contribution in [0.3, 0.4) is 0 Å². The van der Waals surface area contributed by atoms with Gasteiger partial charge in [-0.3, -0.25) is 0 Å². The van der Waals surface area contributed by atoms with Crippen LogP contribution in [0.5, 0.6) is 5.75 Å². The molecule has 1 saturated heterocycles. The van der Waals surface area contributed by atoms with Gasteiger partial charge in [-0.1, -0.05) is 0 Å². The van der Waals surface area contributed by atoms with Gasteiger partial charge in [-0.05, 0) is 77.9 Å². The highest BCUT2D eigenvalue weighted by molar-refractivity contribution is 5.98. The summed E-state index contributed by atoms with van der Waals surface area (Å²) < 4.78 is 7.89. The fourth-order valence-corrected chi connectivity index (χ4v) is 4.50. The van der Waals surface area contributed by atoms with Gasteiger partial charge in [0.25, 0.3) is 0 Å². The van der Waals surface area contributed by atoms with E-state index >= 15 is 0 Å². The van der Waals surface area contributed by atoms with Gasteiger partial charge in [0.15, 0.2) is 5.82 Å². The molecule has 6 heteroatoms. The maximum atomic E-state index is 5.60. The SMILES string of the molecule is CCOc1ccc(-n2c(C)c3c(C)nnc(NCCN4CCCC4)c3c2C)cc1. The Balaban J connectivity index is 1.68. The number of fused-ring (bicyclic) bond motifs is 1.